The molecule has 4 rings (SSSR count). The number of amides is 2. The number of halogens is 4. The zero-order chi connectivity index (χ0) is 30.1. The van der Waals surface area contributed by atoms with Gasteiger partial charge in [-0.3, -0.25) is 4.79 Å². The fourth-order valence-electron chi connectivity index (χ4n) is 4.94. The molecule has 2 aliphatic heterocycles. The molecule has 1 aromatic carbocycles. The van der Waals surface area contributed by atoms with Crippen molar-refractivity contribution in [3.05, 3.63) is 34.7 Å². The van der Waals surface area contributed by atoms with Crippen LogP contribution in [0.15, 0.2) is 18.2 Å². The molecular weight excluding hydrogens is 565 g/mol. The largest absolute Gasteiger partial charge is 0.444 e. The first-order chi connectivity index (χ1) is 19.2. The molecule has 0 aliphatic carbocycles. The summed E-state index contributed by atoms with van der Waals surface area (Å²) in [7, 11) is 0. The highest BCUT2D eigenvalue weighted by atomic mass is 35.5. The molecule has 14 heteroatoms. The fourth-order valence-corrected chi connectivity index (χ4v) is 5.14. The van der Waals surface area contributed by atoms with Crippen molar-refractivity contribution in [2.45, 2.75) is 65.5 Å². The predicted molar refractivity (Wildman–Crippen MR) is 145 cm³/mol. The van der Waals surface area contributed by atoms with Crippen molar-refractivity contribution in [3.8, 4) is 11.8 Å². The molecular formula is C27H34ClF3N6O4. The minimum atomic E-state index is -2.77. The first-order valence-corrected chi connectivity index (χ1v) is 13.7. The molecule has 2 saturated heterocycles. The second-order valence-corrected chi connectivity index (χ2v) is 12.1. The number of hydrogen-bond donors (Lipinski definition) is 0. The highest BCUT2D eigenvalue weighted by molar-refractivity contribution is 6.31. The number of carbonyl (C=O) groups is 2. The van der Waals surface area contributed by atoms with E-state index in [2.05, 4.69) is 15.2 Å². The average Bonchev–Trinajstić information content (AvgIpc) is 2.86. The zero-order valence-electron chi connectivity index (χ0n) is 23.7. The number of alkyl halides is 2. The lowest BCUT2D eigenvalue weighted by Gasteiger charge is -2.54. The summed E-state index contributed by atoms with van der Waals surface area (Å²) in [6.45, 7) is 10.3. The van der Waals surface area contributed by atoms with Gasteiger partial charge in [-0.2, -0.15) is 4.98 Å². The van der Waals surface area contributed by atoms with E-state index in [-0.39, 0.29) is 34.0 Å². The van der Waals surface area contributed by atoms with Crippen molar-refractivity contribution < 1.29 is 32.2 Å². The molecule has 1 spiro atoms. The van der Waals surface area contributed by atoms with Crippen LogP contribution in [0.3, 0.4) is 0 Å². The molecule has 1 aromatic heterocycles. The van der Waals surface area contributed by atoms with Gasteiger partial charge in [-0.1, -0.05) is 16.7 Å². The van der Waals surface area contributed by atoms with E-state index < -0.39 is 36.3 Å². The van der Waals surface area contributed by atoms with Gasteiger partial charge in [0.25, 0.3) is 12.3 Å². The van der Waals surface area contributed by atoms with Crippen LogP contribution in [0.2, 0.25) is 5.15 Å². The maximum absolute atomic E-state index is 14.1. The van der Waals surface area contributed by atoms with Gasteiger partial charge in [-0.15, -0.1) is 5.10 Å². The van der Waals surface area contributed by atoms with Crippen molar-refractivity contribution in [1.29, 1.82) is 0 Å². The number of anilines is 1. The van der Waals surface area contributed by atoms with E-state index in [1.54, 1.807) is 18.7 Å². The average molecular weight is 599 g/mol. The fraction of sp³-hybridized carbons (Fsp3) is 0.593. The number of benzene rings is 1. The number of ether oxygens (including phenoxy) is 2. The van der Waals surface area contributed by atoms with Gasteiger partial charge < -0.3 is 24.2 Å². The molecule has 0 N–H and O–H groups in total. The monoisotopic (exact) mass is 598 g/mol. The number of rotatable bonds is 7. The summed E-state index contributed by atoms with van der Waals surface area (Å²) in [6, 6.07) is 2.40. The molecule has 0 atom stereocenters. The minimum Gasteiger partial charge on any atom is -0.444 e. The third-order valence-electron chi connectivity index (χ3n) is 7.03. The molecule has 0 saturated carbocycles. The van der Waals surface area contributed by atoms with E-state index >= 15 is 0 Å². The molecule has 2 fully saturated rings. The summed E-state index contributed by atoms with van der Waals surface area (Å²) < 4.78 is 51.5. The second-order valence-electron chi connectivity index (χ2n) is 11.7. The van der Waals surface area contributed by atoms with Gasteiger partial charge in [0.1, 0.15) is 17.2 Å². The van der Waals surface area contributed by atoms with Crippen LogP contribution in [-0.4, -0.2) is 87.8 Å². The van der Waals surface area contributed by atoms with Crippen molar-refractivity contribution in [1.82, 2.24) is 25.0 Å². The number of hydrogen-bond acceptors (Lipinski definition) is 8. The summed E-state index contributed by atoms with van der Waals surface area (Å²) >= 11 is 6.30. The highest BCUT2D eigenvalue weighted by Gasteiger charge is 2.47. The van der Waals surface area contributed by atoms with Crippen molar-refractivity contribution in [2.75, 3.05) is 37.6 Å². The topological polar surface area (TPSA) is 101 Å². The quantitative estimate of drug-likeness (QED) is 0.417. The highest BCUT2D eigenvalue weighted by Crippen LogP contribution is 2.44. The lowest BCUT2D eigenvalue weighted by molar-refractivity contribution is 0.00586. The summed E-state index contributed by atoms with van der Waals surface area (Å²) in [5.41, 5.74) is -0.827. The Kier molecular flexibility index (Phi) is 8.86. The molecule has 2 amide bonds. The maximum atomic E-state index is 14.1. The maximum Gasteiger partial charge on any atom is 0.410 e. The van der Waals surface area contributed by atoms with Gasteiger partial charge in [0.2, 0.25) is 0 Å². The van der Waals surface area contributed by atoms with Gasteiger partial charge in [-0.05, 0) is 65.7 Å². The molecule has 10 nitrogen and oxygen atoms in total. The molecule has 3 heterocycles. The summed E-state index contributed by atoms with van der Waals surface area (Å²) in [5, 5.41) is 7.83. The van der Waals surface area contributed by atoms with E-state index in [0.29, 0.717) is 32.0 Å². The van der Waals surface area contributed by atoms with Gasteiger partial charge in [0, 0.05) is 37.6 Å². The van der Waals surface area contributed by atoms with Crippen molar-refractivity contribution in [3.63, 3.8) is 0 Å². The molecule has 0 unspecified atom stereocenters. The minimum absolute atomic E-state index is 0.0185. The molecule has 2 aromatic rings. The Bertz CT molecular complexity index is 1280. The predicted octanol–water partition coefficient (Wildman–Crippen LogP) is 5.41. The summed E-state index contributed by atoms with van der Waals surface area (Å²) in [4.78, 5) is 34.5. The molecule has 41 heavy (non-hydrogen) atoms. The Morgan fingerprint density at radius 1 is 1.15 bits per heavy atom. The Labute approximate surface area is 241 Å². The second kappa shape index (κ2) is 11.9. The van der Waals surface area contributed by atoms with Crippen LogP contribution in [0.1, 0.15) is 57.8 Å². The van der Waals surface area contributed by atoms with Gasteiger partial charge in [0.05, 0.1) is 12.1 Å². The number of piperidine rings is 1. The SMILES string of the molecule is CC(C)N(CC(F)F)C(=O)c1cc(F)ccc1Oc1nnc(Cl)c(N2CC3(CCN(C(=O)OC(C)(C)C)CC3)C2)n1. The Balaban J connectivity index is 1.45. The van der Waals surface area contributed by atoms with Gasteiger partial charge >= 0.3 is 12.1 Å². The lowest BCUT2D eigenvalue weighted by atomic mass is 9.72. The number of likely N-dealkylation sites (tertiary alicyclic amines) is 1. The van der Waals surface area contributed by atoms with Crippen molar-refractivity contribution >= 4 is 29.4 Å². The van der Waals surface area contributed by atoms with Crippen molar-refractivity contribution in [2.24, 2.45) is 5.41 Å². The third-order valence-corrected chi connectivity index (χ3v) is 7.27. The van der Waals surface area contributed by atoms with E-state index in [1.165, 1.54) is 6.07 Å². The van der Waals surface area contributed by atoms with Gasteiger partial charge in [-0.25, -0.2) is 18.0 Å². The molecule has 0 radical (unpaired) electrons. The molecule has 2 aliphatic rings. The smallest absolute Gasteiger partial charge is 0.410 e. The standard InChI is InChI=1S/C27H34ClF3N6O4/c1-16(2)37(13-20(30)31)23(38)18-12-17(29)6-7-19(18)40-24-32-22(21(28)33-34-24)36-14-27(15-36)8-10-35(11-9-27)25(39)41-26(3,4)5/h6-7,12,16,20H,8-11,13-15H2,1-5H3. The third kappa shape index (κ3) is 7.30. The van der Waals surface area contributed by atoms with Crippen LogP contribution in [0.5, 0.6) is 11.8 Å². The zero-order valence-corrected chi connectivity index (χ0v) is 24.4. The summed E-state index contributed by atoms with van der Waals surface area (Å²) in [6.07, 6.45) is -1.52. The lowest BCUT2D eigenvalue weighted by Crippen LogP contribution is -2.61. The Morgan fingerprint density at radius 3 is 2.39 bits per heavy atom. The Hall–Kier alpha value is -3.35. The van der Waals surface area contributed by atoms with E-state index in [4.69, 9.17) is 21.1 Å². The first kappa shape index (κ1) is 30.6. The van der Waals surface area contributed by atoms with Crippen LogP contribution in [0.4, 0.5) is 23.8 Å². The number of carbonyl (C=O) groups excluding carboxylic acids is 2. The molecule has 224 valence electrons. The number of aromatic nitrogens is 3. The molecule has 0 bridgehead atoms. The first-order valence-electron chi connectivity index (χ1n) is 13.4. The summed E-state index contributed by atoms with van der Waals surface area (Å²) in [5.74, 6) is -1.34. The Morgan fingerprint density at radius 2 is 1.80 bits per heavy atom. The van der Waals surface area contributed by atoms with E-state index in [1.807, 2.05) is 25.7 Å². The normalized spacial score (nSPS) is 16.7. The van der Waals surface area contributed by atoms with Crippen LogP contribution in [-0.2, 0) is 4.74 Å². The van der Waals surface area contributed by atoms with E-state index in [9.17, 15) is 22.8 Å². The van der Waals surface area contributed by atoms with Crippen LogP contribution in [0, 0.1) is 11.2 Å². The number of nitrogens with zero attached hydrogens (tertiary/aromatic N) is 6. The van der Waals surface area contributed by atoms with Crippen LogP contribution < -0.4 is 9.64 Å². The van der Waals surface area contributed by atoms with Crippen LogP contribution in [0.25, 0.3) is 0 Å². The van der Waals surface area contributed by atoms with Crippen LogP contribution >= 0.6 is 11.6 Å². The van der Waals surface area contributed by atoms with E-state index in [0.717, 1.165) is 29.9 Å². The van der Waals surface area contributed by atoms with Gasteiger partial charge in [0.15, 0.2) is 11.0 Å².